The molecule has 1 aromatic heterocycles. The minimum Gasteiger partial charge on any atom is -0.494 e. The molecule has 0 aliphatic heterocycles. The van der Waals surface area contributed by atoms with Crippen molar-refractivity contribution >= 4 is 5.97 Å². The minimum absolute atomic E-state index is 0.0993. The zero-order chi connectivity index (χ0) is 24.8. The monoisotopic (exact) mass is 473 g/mol. The quantitative estimate of drug-likeness (QED) is 0.367. The van der Waals surface area contributed by atoms with E-state index >= 15 is 0 Å². The van der Waals surface area contributed by atoms with Crippen molar-refractivity contribution < 1.29 is 14.6 Å². The molecule has 1 heterocycles. The molecule has 35 heavy (non-hydrogen) atoms. The number of hydrogen-bond donors (Lipinski definition) is 2. The number of hydrogen-bond acceptors (Lipinski definition) is 5. The maximum absolute atomic E-state index is 11.4. The van der Waals surface area contributed by atoms with E-state index in [1.807, 2.05) is 25.3 Å². The van der Waals surface area contributed by atoms with Crippen molar-refractivity contribution in [1.29, 1.82) is 0 Å². The van der Waals surface area contributed by atoms with E-state index in [0.29, 0.717) is 13.2 Å². The second-order valence-corrected chi connectivity index (χ2v) is 9.39. The molecule has 0 bridgehead atoms. The summed E-state index contributed by atoms with van der Waals surface area (Å²) in [6.07, 6.45) is 5.60. The molecular formula is C29H35N3O3. The van der Waals surface area contributed by atoms with Crippen molar-refractivity contribution in [2.24, 2.45) is 5.92 Å². The van der Waals surface area contributed by atoms with Crippen molar-refractivity contribution in [3.05, 3.63) is 76.6 Å². The van der Waals surface area contributed by atoms with Gasteiger partial charge in [-0.25, -0.2) is 9.97 Å². The summed E-state index contributed by atoms with van der Waals surface area (Å²) in [6.45, 7) is 8.13. The van der Waals surface area contributed by atoms with Gasteiger partial charge < -0.3 is 15.2 Å². The lowest BCUT2D eigenvalue weighted by Crippen LogP contribution is -2.19. The van der Waals surface area contributed by atoms with Crippen LogP contribution in [-0.4, -0.2) is 34.2 Å². The fourth-order valence-corrected chi connectivity index (χ4v) is 4.69. The third-order valence-corrected chi connectivity index (χ3v) is 6.99. The average Bonchev–Trinajstić information content (AvgIpc) is 3.29. The zero-order valence-electron chi connectivity index (χ0n) is 20.9. The maximum atomic E-state index is 11.4. The highest BCUT2D eigenvalue weighted by molar-refractivity contribution is 5.71. The van der Waals surface area contributed by atoms with Crippen LogP contribution in [-0.2, 0) is 24.2 Å². The number of aliphatic carboxylic acids is 1. The Labute approximate surface area is 207 Å². The number of ether oxygens (including phenoxy) is 1. The van der Waals surface area contributed by atoms with Crippen molar-refractivity contribution in [2.75, 3.05) is 13.2 Å². The van der Waals surface area contributed by atoms with Gasteiger partial charge in [0, 0.05) is 18.3 Å². The molecule has 2 N–H and O–H groups in total. The maximum Gasteiger partial charge on any atom is 0.306 e. The van der Waals surface area contributed by atoms with Gasteiger partial charge in [0.15, 0.2) is 5.82 Å². The topological polar surface area (TPSA) is 84.3 Å². The van der Waals surface area contributed by atoms with E-state index in [1.165, 1.54) is 11.1 Å². The van der Waals surface area contributed by atoms with Crippen molar-refractivity contribution in [2.45, 2.75) is 58.9 Å². The van der Waals surface area contributed by atoms with Crippen LogP contribution in [0.1, 0.15) is 60.6 Å². The SMILES string of the molecule is CCc1ccc(-c2ncc(C)c(CNCCCOc3ccc4c(c3)CC[C@H]4[C@H](C)C(=O)O)n2)cc1. The summed E-state index contributed by atoms with van der Waals surface area (Å²) in [5, 5.41) is 12.8. The number of rotatable bonds is 11. The number of nitrogens with one attached hydrogen (secondary N) is 1. The van der Waals surface area contributed by atoms with E-state index in [0.717, 1.165) is 66.2 Å². The summed E-state index contributed by atoms with van der Waals surface area (Å²) >= 11 is 0. The molecule has 184 valence electrons. The van der Waals surface area contributed by atoms with Gasteiger partial charge >= 0.3 is 5.97 Å². The number of carboxylic acids is 1. The highest BCUT2D eigenvalue weighted by atomic mass is 16.5. The number of aromatic nitrogens is 2. The first kappa shape index (κ1) is 24.9. The summed E-state index contributed by atoms with van der Waals surface area (Å²) in [6, 6.07) is 14.5. The third-order valence-electron chi connectivity index (χ3n) is 6.99. The molecule has 0 spiro atoms. The van der Waals surface area contributed by atoms with Gasteiger partial charge in [0.05, 0.1) is 18.2 Å². The molecule has 0 saturated heterocycles. The van der Waals surface area contributed by atoms with Crippen LogP contribution in [0.3, 0.4) is 0 Å². The Morgan fingerprint density at radius 3 is 2.77 bits per heavy atom. The van der Waals surface area contributed by atoms with Gasteiger partial charge in [-0.05, 0) is 79.5 Å². The first-order valence-corrected chi connectivity index (χ1v) is 12.6. The van der Waals surface area contributed by atoms with Crippen LogP contribution < -0.4 is 10.1 Å². The van der Waals surface area contributed by atoms with Crippen molar-refractivity contribution in [3.63, 3.8) is 0 Å². The van der Waals surface area contributed by atoms with Gasteiger partial charge in [-0.2, -0.15) is 0 Å². The number of carbonyl (C=O) groups is 1. The summed E-state index contributed by atoms with van der Waals surface area (Å²) in [5.74, 6) is 0.634. The molecule has 6 heteroatoms. The molecule has 0 radical (unpaired) electrons. The lowest BCUT2D eigenvalue weighted by atomic mass is 9.89. The smallest absolute Gasteiger partial charge is 0.306 e. The standard InChI is InChI=1S/C29H35N3O3/c1-4-21-6-8-22(9-7-21)28-31-17-19(2)27(32-28)18-30-14-5-15-35-24-11-13-26-23(16-24)10-12-25(26)20(3)29(33)34/h6-9,11,13,16-17,20,25,30H,4-5,10,12,14-15,18H2,1-3H3,(H,33,34)/t20-,25-/m0/s1. The van der Waals surface area contributed by atoms with E-state index in [9.17, 15) is 9.90 Å². The van der Waals surface area contributed by atoms with Gasteiger partial charge in [-0.15, -0.1) is 0 Å². The first-order chi connectivity index (χ1) is 17.0. The van der Waals surface area contributed by atoms with Gasteiger partial charge in [-0.3, -0.25) is 4.79 Å². The van der Waals surface area contributed by atoms with Gasteiger partial charge in [0.25, 0.3) is 0 Å². The third kappa shape index (κ3) is 6.06. The van der Waals surface area contributed by atoms with E-state index in [1.54, 1.807) is 6.92 Å². The van der Waals surface area contributed by atoms with E-state index in [2.05, 4.69) is 47.6 Å². The fourth-order valence-electron chi connectivity index (χ4n) is 4.69. The Hall–Kier alpha value is -3.25. The molecule has 4 rings (SSSR count). The predicted molar refractivity (Wildman–Crippen MR) is 138 cm³/mol. The zero-order valence-corrected chi connectivity index (χ0v) is 20.9. The predicted octanol–water partition coefficient (Wildman–Crippen LogP) is 5.32. The van der Waals surface area contributed by atoms with Gasteiger partial charge in [0.1, 0.15) is 5.75 Å². The molecule has 0 amide bonds. The van der Waals surface area contributed by atoms with Crippen molar-refractivity contribution in [3.8, 4) is 17.1 Å². The van der Waals surface area contributed by atoms with Crippen LogP contribution >= 0.6 is 0 Å². The molecule has 2 atom stereocenters. The summed E-state index contributed by atoms with van der Waals surface area (Å²) < 4.78 is 5.96. The highest BCUT2D eigenvalue weighted by Crippen LogP contribution is 2.39. The molecule has 2 aromatic carbocycles. The molecule has 1 aliphatic carbocycles. The lowest BCUT2D eigenvalue weighted by molar-refractivity contribution is -0.141. The Bertz CT molecular complexity index is 1160. The van der Waals surface area contributed by atoms with Crippen LogP contribution in [0.5, 0.6) is 5.75 Å². The Morgan fingerprint density at radius 2 is 2.03 bits per heavy atom. The largest absolute Gasteiger partial charge is 0.494 e. The molecule has 0 unspecified atom stereocenters. The van der Waals surface area contributed by atoms with Crippen LogP contribution in [0.25, 0.3) is 11.4 Å². The normalized spacial score (nSPS) is 15.6. The Kier molecular flexibility index (Phi) is 8.13. The number of benzene rings is 2. The first-order valence-electron chi connectivity index (χ1n) is 12.6. The minimum atomic E-state index is -0.727. The Morgan fingerprint density at radius 1 is 1.23 bits per heavy atom. The van der Waals surface area contributed by atoms with Crippen LogP contribution in [0.4, 0.5) is 0 Å². The number of aryl methyl sites for hydroxylation is 3. The lowest BCUT2D eigenvalue weighted by Gasteiger charge is -2.16. The fraction of sp³-hybridized carbons (Fsp3) is 0.414. The van der Waals surface area contributed by atoms with E-state index in [4.69, 9.17) is 9.72 Å². The number of nitrogens with zero attached hydrogens (tertiary/aromatic N) is 2. The average molecular weight is 474 g/mol. The molecule has 0 fully saturated rings. The summed E-state index contributed by atoms with van der Waals surface area (Å²) in [5.41, 5.74) is 6.82. The second-order valence-electron chi connectivity index (χ2n) is 9.39. The van der Waals surface area contributed by atoms with Crippen molar-refractivity contribution in [1.82, 2.24) is 15.3 Å². The molecule has 0 saturated carbocycles. The van der Waals surface area contributed by atoms with Crippen LogP contribution in [0, 0.1) is 12.8 Å². The highest BCUT2D eigenvalue weighted by Gasteiger charge is 2.31. The molecular weight excluding hydrogens is 438 g/mol. The molecule has 6 nitrogen and oxygen atoms in total. The molecule has 1 aliphatic rings. The van der Waals surface area contributed by atoms with Gasteiger partial charge in [-0.1, -0.05) is 44.2 Å². The van der Waals surface area contributed by atoms with E-state index < -0.39 is 5.97 Å². The summed E-state index contributed by atoms with van der Waals surface area (Å²) in [7, 11) is 0. The molecule has 3 aromatic rings. The van der Waals surface area contributed by atoms with Crippen LogP contribution in [0.2, 0.25) is 0 Å². The van der Waals surface area contributed by atoms with E-state index in [-0.39, 0.29) is 11.8 Å². The number of carboxylic acid groups (broad SMARTS) is 1. The Balaban J connectivity index is 1.23. The number of fused-ring (bicyclic) bond motifs is 1. The summed E-state index contributed by atoms with van der Waals surface area (Å²) in [4.78, 5) is 20.7. The van der Waals surface area contributed by atoms with Crippen LogP contribution in [0.15, 0.2) is 48.7 Å². The second kappa shape index (κ2) is 11.5. The van der Waals surface area contributed by atoms with Gasteiger partial charge in [0.2, 0.25) is 0 Å².